The van der Waals surface area contributed by atoms with Gasteiger partial charge in [-0.25, -0.2) is 0 Å². The molecule has 0 aromatic heterocycles. The molecule has 0 unspecified atom stereocenters. The minimum absolute atomic E-state index is 0.0166. The summed E-state index contributed by atoms with van der Waals surface area (Å²) in [6, 6.07) is 7.56. The van der Waals surface area contributed by atoms with E-state index in [-0.39, 0.29) is 19.6 Å². The predicted molar refractivity (Wildman–Crippen MR) is 70.8 cm³/mol. The van der Waals surface area contributed by atoms with E-state index in [1.165, 1.54) is 0 Å². The second-order valence-corrected chi connectivity index (χ2v) is 4.36. The molecule has 20 heavy (non-hydrogen) atoms. The highest BCUT2D eigenvalue weighted by atomic mass is 19.4. The van der Waals surface area contributed by atoms with Crippen LogP contribution in [0.3, 0.4) is 0 Å². The van der Waals surface area contributed by atoms with E-state index in [1.807, 2.05) is 24.3 Å². The first-order chi connectivity index (χ1) is 9.51. The average Bonchev–Trinajstić information content (AvgIpc) is 2.38. The minimum atomic E-state index is -4.11. The Bertz CT molecular complexity index is 366. The molecule has 6 heteroatoms. The first kappa shape index (κ1) is 16.8. The maximum Gasteiger partial charge on any atom is 0.389 e. The molecule has 0 saturated carbocycles. The predicted octanol–water partition coefficient (Wildman–Crippen LogP) is 2.93. The number of hydrogen-bond acceptors (Lipinski definition) is 3. The highest BCUT2D eigenvalue weighted by Crippen LogP contribution is 2.21. The van der Waals surface area contributed by atoms with Crippen molar-refractivity contribution < 1.29 is 22.6 Å². The van der Waals surface area contributed by atoms with Crippen LogP contribution in [0.4, 0.5) is 13.2 Å². The van der Waals surface area contributed by atoms with Crippen LogP contribution in [0.25, 0.3) is 0 Å². The summed E-state index contributed by atoms with van der Waals surface area (Å²) in [4.78, 5) is 0. The zero-order chi connectivity index (χ0) is 14.8. The van der Waals surface area contributed by atoms with E-state index in [2.05, 4.69) is 0 Å². The molecule has 3 nitrogen and oxygen atoms in total. The number of halogens is 3. The molecular weight excluding hydrogens is 271 g/mol. The van der Waals surface area contributed by atoms with Crippen LogP contribution in [-0.4, -0.2) is 32.5 Å². The molecule has 1 aromatic carbocycles. The van der Waals surface area contributed by atoms with Crippen molar-refractivity contribution in [3.8, 4) is 5.75 Å². The van der Waals surface area contributed by atoms with Gasteiger partial charge in [-0.2, -0.15) is 13.2 Å². The van der Waals surface area contributed by atoms with Gasteiger partial charge in [-0.1, -0.05) is 12.1 Å². The Kier molecular flexibility index (Phi) is 7.40. The summed E-state index contributed by atoms with van der Waals surface area (Å²) < 4.78 is 46.0. The van der Waals surface area contributed by atoms with Crippen LogP contribution in [0.2, 0.25) is 0 Å². The molecule has 0 aliphatic rings. The molecule has 0 saturated heterocycles. The maximum absolute atomic E-state index is 11.9. The van der Waals surface area contributed by atoms with E-state index >= 15 is 0 Å². The highest BCUT2D eigenvalue weighted by Gasteiger charge is 2.25. The Morgan fingerprint density at radius 2 is 1.70 bits per heavy atom. The summed E-state index contributed by atoms with van der Waals surface area (Å²) in [7, 11) is 0. The van der Waals surface area contributed by atoms with Crippen LogP contribution in [0.1, 0.15) is 18.4 Å². The number of nitrogens with two attached hydrogens (primary N) is 1. The lowest BCUT2D eigenvalue weighted by Crippen LogP contribution is -2.11. The van der Waals surface area contributed by atoms with Crippen molar-refractivity contribution in [2.75, 3.05) is 26.4 Å². The molecule has 0 aliphatic heterocycles. The van der Waals surface area contributed by atoms with Crippen LogP contribution in [0.15, 0.2) is 24.3 Å². The zero-order valence-electron chi connectivity index (χ0n) is 11.3. The Hall–Kier alpha value is -1.27. The molecule has 0 radical (unpaired) electrons. The Morgan fingerprint density at radius 3 is 2.30 bits per heavy atom. The van der Waals surface area contributed by atoms with Crippen molar-refractivity contribution >= 4 is 0 Å². The van der Waals surface area contributed by atoms with Gasteiger partial charge in [0.15, 0.2) is 0 Å². The van der Waals surface area contributed by atoms with E-state index in [4.69, 9.17) is 15.2 Å². The van der Waals surface area contributed by atoms with E-state index in [1.54, 1.807) is 0 Å². The average molecular weight is 291 g/mol. The number of rotatable bonds is 9. The van der Waals surface area contributed by atoms with Crippen molar-refractivity contribution in [3.05, 3.63) is 29.8 Å². The van der Waals surface area contributed by atoms with Gasteiger partial charge in [0.05, 0.1) is 6.61 Å². The van der Waals surface area contributed by atoms with Gasteiger partial charge in [-0.15, -0.1) is 0 Å². The topological polar surface area (TPSA) is 44.5 Å². The van der Waals surface area contributed by atoms with E-state index in [9.17, 15) is 13.2 Å². The molecule has 2 N–H and O–H groups in total. The summed E-state index contributed by atoms with van der Waals surface area (Å²) in [6.45, 7) is 1.30. The number of benzene rings is 1. The maximum atomic E-state index is 11.9. The van der Waals surface area contributed by atoms with Gasteiger partial charge in [-0.3, -0.25) is 0 Å². The van der Waals surface area contributed by atoms with Gasteiger partial charge in [0.1, 0.15) is 12.4 Å². The largest absolute Gasteiger partial charge is 0.491 e. The van der Waals surface area contributed by atoms with Crippen molar-refractivity contribution in [3.63, 3.8) is 0 Å². The summed E-state index contributed by atoms with van der Waals surface area (Å²) >= 11 is 0. The SMILES string of the molecule is NCCc1ccc(OCCOCCCC(F)(F)F)cc1. The molecule has 0 fully saturated rings. The van der Waals surface area contributed by atoms with Crippen molar-refractivity contribution in [2.24, 2.45) is 5.73 Å². The molecular formula is C14H20F3NO2. The lowest BCUT2D eigenvalue weighted by Gasteiger charge is -2.09. The van der Waals surface area contributed by atoms with Gasteiger partial charge in [-0.05, 0) is 37.1 Å². The molecule has 114 valence electrons. The van der Waals surface area contributed by atoms with E-state index < -0.39 is 12.6 Å². The molecule has 0 bridgehead atoms. The minimum Gasteiger partial charge on any atom is -0.491 e. The second kappa shape index (κ2) is 8.81. The molecule has 0 heterocycles. The third kappa shape index (κ3) is 8.01. The fraction of sp³-hybridized carbons (Fsp3) is 0.571. The van der Waals surface area contributed by atoms with Gasteiger partial charge in [0.25, 0.3) is 0 Å². The van der Waals surface area contributed by atoms with Gasteiger partial charge < -0.3 is 15.2 Å². The first-order valence-electron chi connectivity index (χ1n) is 6.57. The van der Waals surface area contributed by atoms with Crippen LogP contribution in [-0.2, 0) is 11.2 Å². The van der Waals surface area contributed by atoms with Crippen molar-refractivity contribution in [1.82, 2.24) is 0 Å². The lowest BCUT2D eigenvalue weighted by atomic mass is 10.1. The Morgan fingerprint density at radius 1 is 1.00 bits per heavy atom. The fourth-order valence-corrected chi connectivity index (χ4v) is 1.61. The van der Waals surface area contributed by atoms with E-state index in [0.29, 0.717) is 18.9 Å². The molecule has 0 spiro atoms. The zero-order valence-corrected chi connectivity index (χ0v) is 11.3. The third-order valence-corrected chi connectivity index (χ3v) is 2.60. The van der Waals surface area contributed by atoms with Crippen LogP contribution < -0.4 is 10.5 Å². The van der Waals surface area contributed by atoms with Crippen molar-refractivity contribution in [1.29, 1.82) is 0 Å². The standard InChI is InChI=1S/C14H20F3NO2/c15-14(16,17)7-1-9-19-10-11-20-13-4-2-12(3-5-13)6-8-18/h2-5H,1,6-11,18H2. The van der Waals surface area contributed by atoms with Gasteiger partial charge in [0.2, 0.25) is 0 Å². The summed E-state index contributed by atoms with van der Waals surface area (Å²) in [5.41, 5.74) is 6.59. The molecule has 0 atom stereocenters. The monoisotopic (exact) mass is 291 g/mol. The summed E-state index contributed by atoms with van der Waals surface area (Å²) in [5, 5.41) is 0. The Balaban J connectivity index is 2.06. The quantitative estimate of drug-likeness (QED) is 0.711. The first-order valence-corrected chi connectivity index (χ1v) is 6.57. The highest BCUT2D eigenvalue weighted by molar-refractivity contribution is 5.27. The molecule has 1 rings (SSSR count). The second-order valence-electron chi connectivity index (χ2n) is 4.36. The third-order valence-electron chi connectivity index (χ3n) is 2.60. The molecule has 0 aliphatic carbocycles. The van der Waals surface area contributed by atoms with Crippen molar-refractivity contribution in [2.45, 2.75) is 25.4 Å². The molecule has 0 amide bonds. The van der Waals surface area contributed by atoms with E-state index in [0.717, 1.165) is 12.0 Å². The number of alkyl halides is 3. The molecule has 1 aromatic rings. The van der Waals surface area contributed by atoms with Crippen LogP contribution in [0.5, 0.6) is 5.75 Å². The lowest BCUT2D eigenvalue weighted by molar-refractivity contribution is -0.138. The smallest absolute Gasteiger partial charge is 0.389 e. The van der Waals surface area contributed by atoms with Gasteiger partial charge in [0, 0.05) is 13.0 Å². The summed E-state index contributed by atoms with van der Waals surface area (Å²) in [6.07, 6.45) is -4.11. The summed E-state index contributed by atoms with van der Waals surface area (Å²) in [5.74, 6) is 0.713. The van der Waals surface area contributed by atoms with Gasteiger partial charge >= 0.3 is 6.18 Å². The Labute approximate surface area is 116 Å². The van der Waals surface area contributed by atoms with Crippen LogP contribution in [0, 0.1) is 0 Å². The number of hydrogen-bond donors (Lipinski definition) is 1. The number of ether oxygens (including phenoxy) is 2. The normalized spacial score (nSPS) is 11.6. The fourth-order valence-electron chi connectivity index (χ4n) is 1.61. The van der Waals surface area contributed by atoms with Crippen LogP contribution >= 0.6 is 0 Å².